The van der Waals surface area contributed by atoms with Gasteiger partial charge >= 0.3 is 0 Å². The first-order valence-electron chi connectivity index (χ1n) is 10.6. The largest absolute Gasteiger partial charge is 0.469 e. The van der Waals surface area contributed by atoms with Crippen molar-refractivity contribution in [2.45, 2.75) is 38.8 Å². The van der Waals surface area contributed by atoms with Gasteiger partial charge in [-0.15, -0.1) is 0 Å². The van der Waals surface area contributed by atoms with Crippen molar-refractivity contribution < 1.29 is 4.42 Å². The second kappa shape index (κ2) is 11.9. The molecule has 0 spiro atoms. The van der Waals surface area contributed by atoms with E-state index in [4.69, 9.17) is 9.41 Å². The van der Waals surface area contributed by atoms with Crippen LogP contribution in [0, 0.1) is 6.92 Å². The summed E-state index contributed by atoms with van der Waals surface area (Å²) in [4.78, 5) is 7.32. The molecule has 6 heteroatoms. The van der Waals surface area contributed by atoms with E-state index in [0.29, 0.717) is 6.04 Å². The molecule has 1 aliphatic heterocycles. The van der Waals surface area contributed by atoms with Crippen molar-refractivity contribution in [1.82, 2.24) is 15.5 Å². The maximum Gasteiger partial charge on any atom is 0.191 e. The maximum atomic E-state index is 5.42. The Kier molecular flexibility index (Phi) is 8.96. The first-order valence-corrected chi connectivity index (χ1v) is 12.0. The zero-order chi connectivity index (χ0) is 20.3. The Hall–Kier alpha value is -1.92. The molecule has 0 aliphatic carbocycles. The lowest BCUT2D eigenvalue weighted by Gasteiger charge is -2.33. The van der Waals surface area contributed by atoms with Gasteiger partial charge < -0.3 is 15.1 Å². The van der Waals surface area contributed by atoms with Crippen LogP contribution in [0.5, 0.6) is 0 Å². The number of hydrogen-bond acceptors (Lipinski definition) is 4. The van der Waals surface area contributed by atoms with Crippen molar-refractivity contribution >= 4 is 17.7 Å². The van der Waals surface area contributed by atoms with E-state index in [0.717, 1.165) is 69.5 Å². The summed E-state index contributed by atoms with van der Waals surface area (Å²) in [5, 5.41) is 7.14. The van der Waals surface area contributed by atoms with Gasteiger partial charge in [0, 0.05) is 44.4 Å². The molecule has 1 aromatic heterocycles. The van der Waals surface area contributed by atoms with E-state index in [1.807, 2.05) is 23.9 Å². The summed E-state index contributed by atoms with van der Waals surface area (Å²) in [5.41, 5.74) is 2.83. The number of likely N-dealkylation sites (tertiary alicyclic amines) is 1. The van der Waals surface area contributed by atoms with Gasteiger partial charge in [-0.2, -0.15) is 11.8 Å². The van der Waals surface area contributed by atoms with Gasteiger partial charge in [0.15, 0.2) is 5.96 Å². The quantitative estimate of drug-likeness (QED) is 0.372. The summed E-state index contributed by atoms with van der Waals surface area (Å²) in [7, 11) is 0. The third-order valence-electron chi connectivity index (χ3n) is 5.39. The number of nitrogens with zero attached hydrogens (tertiary/aromatic N) is 2. The first-order chi connectivity index (χ1) is 14.2. The highest BCUT2D eigenvalue weighted by Gasteiger charge is 2.20. The minimum Gasteiger partial charge on any atom is -0.469 e. The van der Waals surface area contributed by atoms with Gasteiger partial charge in [-0.25, -0.2) is 0 Å². The fourth-order valence-corrected chi connectivity index (χ4v) is 3.89. The van der Waals surface area contributed by atoms with E-state index in [-0.39, 0.29) is 0 Å². The molecule has 1 fully saturated rings. The number of nitrogens with one attached hydrogen (secondary N) is 2. The minimum atomic E-state index is 0.479. The molecular formula is C23H34N4OS. The topological polar surface area (TPSA) is 52.8 Å². The predicted molar refractivity (Wildman–Crippen MR) is 124 cm³/mol. The molecule has 5 nitrogen and oxygen atoms in total. The monoisotopic (exact) mass is 414 g/mol. The number of benzene rings is 1. The first kappa shape index (κ1) is 21.8. The number of furan rings is 1. The number of guanidine groups is 1. The van der Waals surface area contributed by atoms with E-state index >= 15 is 0 Å². The lowest BCUT2D eigenvalue weighted by Crippen LogP contribution is -2.49. The van der Waals surface area contributed by atoms with Crippen LogP contribution in [0.4, 0.5) is 0 Å². The van der Waals surface area contributed by atoms with Crippen molar-refractivity contribution in [3.8, 4) is 0 Å². The maximum absolute atomic E-state index is 5.42. The highest BCUT2D eigenvalue weighted by atomic mass is 32.2. The van der Waals surface area contributed by atoms with Crippen LogP contribution in [0.2, 0.25) is 0 Å². The van der Waals surface area contributed by atoms with Crippen molar-refractivity contribution in [2.24, 2.45) is 4.99 Å². The zero-order valence-electron chi connectivity index (χ0n) is 17.7. The molecule has 0 bridgehead atoms. The van der Waals surface area contributed by atoms with Crippen LogP contribution in [0.25, 0.3) is 0 Å². The number of thioether (sulfide) groups is 1. The molecule has 2 heterocycles. The van der Waals surface area contributed by atoms with Crippen LogP contribution in [0.15, 0.2) is 52.1 Å². The summed E-state index contributed by atoms with van der Waals surface area (Å²) in [5.74, 6) is 2.98. The van der Waals surface area contributed by atoms with E-state index in [9.17, 15) is 0 Å². The van der Waals surface area contributed by atoms with Crippen LogP contribution in [0.3, 0.4) is 0 Å². The van der Waals surface area contributed by atoms with Crippen molar-refractivity contribution in [3.63, 3.8) is 0 Å². The molecule has 0 saturated carbocycles. The number of aliphatic imine (C=N–C) groups is 1. The van der Waals surface area contributed by atoms with E-state index in [1.165, 1.54) is 11.1 Å². The van der Waals surface area contributed by atoms with Crippen LogP contribution in [-0.2, 0) is 13.0 Å². The molecule has 0 radical (unpaired) electrons. The lowest BCUT2D eigenvalue weighted by molar-refractivity contribution is 0.198. The van der Waals surface area contributed by atoms with Crippen LogP contribution in [-0.4, -0.2) is 55.1 Å². The van der Waals surface area contributed by atoms with Gasteiger partial charge in [-0.3, -0.25) is 9.89 Å². The summed E-state index contributed by atoms with van der Waals surface area (Å²) in [6.45, 7) is 7.16. The predicted octanol–water partition coefficient (Wildman–Crippen LogP) is 3.69. The van der Waals surface area contributed by atoms with Gasteiger partial charge in [-0.05, 0) is 49.3 Å². The molecule has 1 aliphatic rings. The third-order valence-corrected chi connectivity index (χ3v) is 5.98. The normalized spacial score (nSPS) is 16.1. The molecule has 2 N–H and O–H groups in total. The summed E-state index contributed by atoms with van der Waals surface area (Å²) in [6.07, 6.45) is 7.01. The van der Waals surface area contributed by atoms with Crippen LogP contribution < -0.4 is 10.6 Å². The Bertz CT molecular complexity index is 739. The Morgan fingerprint density at radius 2 is 2.03 bits per heavy atom. The molecule has 2 aromatic rings. The molecule has 29 heavy (non-hydrogen) atoms. The second-order valence-electron chi connectivity index (χ2n) is 7.60. The number of aryl methyl sites for hydroxylation is 1. The zero-order valence-corrected chi connectivity index (χ0v) is 18.5. The summed E-state index contributed by atoms with van der Waals surface area (Å²) in [6, 6.07) is 13.1. The van der Waals surface area contributed by atoms with Gasteiger partial charge in [0.1, 0.15) is 5.76 Å². The third kappa shape index (κ3) is 7.44. The average molecular weight is 415 g/mol. The highest BCUT2D eigenvalue weighted by molar-refractivity contribution is 7.98. The van der Waals surface area contributed by atoms with E-state index in [2.05, 4.69) is 53.0 Å². The number of piperidine rings is 1. The van der Waals surface area contributed by atoms with Gasteiger partial charge in [0.2, 0.25) is 0 Å². The van der Waals surface area contributed by atoms with Crippen LogP contribution in [0.1, 0.15) is 29.7 Å². The smallest absolute Gasteiger partial charge is 0.191 e. The Labute approximate surface area is 179 Å². The van der Waals surface area contributed by atoms with Gasteiger partial charge in [-0.1, -0.05) is 24.3 Å². The minimum absolute atomic E-state index is 0.479. The molecule has 0 amide bonds. The van der Waals surface area contributed by atoms with Crippen LogP contribution >= 0.6 is 11.8 Å². The van der Waals surface area contributed by atoms with Crippen molar-refractivity contribution in [3.05, 3.63) is 59.5 Å². The molecule has 1 aromatic carbocycles. The fourth-order valence-electron chi connectivity index (χ4n) is 3.62. The number of rotatable bonds is 9. The van der Waals surface area contributed by atoms with Gasteiger partial charge in [0.05, 0.1) is 12.8 Å². The summed E-state index contributed by atoms with van der Waals surface area (Å²) >= 11 is 1.83. The standard InChI is InChI=1S/C23H34N4OS/c1-19-6-3-4-7-20(19)18-27-14-10-21(11-15-27)26-23(25-13-17-29-2)24-12-9-22-8-5-16-28-22/h3-8,16,21H,9-15,17-18H2,1-2H3,(H2,24,25,26). The highest BCUT2D eigenvalue weighted by Crippen LogP contribution is 2.16. The Balaban J connectivity index is 1.45. The average Bonchev–Trinajstić information content (AvgIpc) is 3.25. The van der Waals surface area contributed by atoms with Crippen molar-refractivity contribution in [2.75, 3.05) is 38.2 Å². The molecular weight excluding hydrogens is 380 g/mol. The molecule has 158 valence electrons. The van der Waals surface area contributed by atoms with Crippen molar-refractivity contribution in [1.29, 1.82) is 0 Å². The summed E-state index contributed by atoms with van der Waals surface area (Å²) < 4.78 is 5.42. The van der Waals surface area contributed by atoms with Gasteiger partial charge in [0.25, 0.3) is 0 Å². The lowest BCUT2D eigenvalue weighted by atomic mass is 10.0. The SMILES string of the molecule is CSCCN=C(NCCc1ccco1)NC1CCN(Cc2ccccc2C)CC1. The molecule has 3 rings (SSSR count). The molecule has 0 atom stereocenters. The second-order valence-corrected chi connectivity index (χ2v) is 8.59. The van der Waals surface area contributed by atoms with E-state index < -0.39 is 0 Å². The molecule has 0 unspecified atom stereocenters. The fraction of sp³-hybridized carbons (Fsp3) is 0.522. The molecule has 1 saturated heterocycles. The Morgan fingerprint density at radius 3 is 2.76 bits per heavy atom. The Morgan fingerprint density at radius 1 is 1.21 bits per heavy atom. The number of hydrogen-bond donors (Lipinski definition) is 2. The van der Waals surface area contributed by atoms with E-state index in [1.54, 1.807) is 6.26 Å².